The van der Waals surface area contributed by atoms with Crippen LogP contribution < -0.4 is 9.47 Å². The van der Waals surface area contributed by atoms with Crippen LogP contribution in [-0.2, 0) is 0 Å². The number of rotatable bonds is 11. The van der Waals surface area contributed by atoms with E-state index < -0.39 is 0 Å². The Bertz CT molecular complexity index is 850. The summed E-state index contributed by atoms with van der Waals surface area (Å²) in [5.41, 5.74) is 4.77. The summed E-state index contributed by atoms with van der Waals surface area (Å²) in [6, 6.07) is 12.7. The lowest BCUT2D eigenvalue weighted by atomic mass is 9.95. The van der Waals surface area contributed by atoms with Crippen LogP contribution >= 0.6 is 0 Å². The van der Waals surface area contributed by atoms with Gasteiger partial charge >= 0.3 is 0 Å². The van der Waals surface area contributed by atoms with Gasteiger partial charge in [0.25, 0.3) is 0 Å². The van der Waals surface area contributed by atoms with E-state index in [1.54, 1.807) is 0 Å². The predicted octanol–water partition coefficient (Wildman–Crippen LogP) is 5.06. The van der Waals surface area contributed by atoms with Gasteiger partial charge in [-0.3, -0.25) is 0 Å². The van der Waals surface area contributed by atoms with Crippen molar-refractivity contribution in [2.45, 2.75) is 58.5 Å². The van der Waals surface area contributed by atoms with Crippen molar-refractivity contribution in [1.29, 1.82) is 0 Å². The van der Waals surface area contributed by atoms with Crippen molar-refractivity contribution in [1.82, 2.24) is 9.80 Å². The van der Waals surface area contributed by atoms with E-state index in [4.69, 9.17) is 9.47 Å². The molecule has 0 amide bonds. The molecule has 2 aliphatic heterocycles. The van der Waals surface area contributed by atoms with Gasteiger partial charge in [0.05, 0.1) is 19.3 Å². The highest BCUT2D eigenvalue weighted by Crippen LogP contribution is 2.35. The minimum absolute atomic E-state index is 0.155. The number of hydrogen-bond donors (Lipinski definition) is 1. The van der Waals surface area contributed by atoms with E-state index in [-0.39, 0.29) is 6.10 Å². The summed E-state index contributed by atoms with van der Waals surface area (Å²) in [7, 11) is 0. The predicted molar refractivity (Wildman–Crippen MR) is 139 cm³/mol. The normalized spacial score (nSPS) is 19.4. The molecule has 2 fully saturated rings. The fourth-order valence-electron chi connectivity index (χ4n) is 5.26. The third-order valence-electron chi connectivity index (χ3n) is 7.31. The molecule has 2 aliphatic rings. The lowest BCUT2D eigenvalue weighted by Crippen LogP contribution is -2.31. The zero-order valence-corrected chi connectivity index (χ0v) is 21.1. The maximum atomic E-state index is 9.68. The summed E-state index contributed by atoms with van der Waals surface area (Å²) in [6.07, 6.45) is 6.84. The molecule has 2 aromatic rings. The summed E-state index contributed by atoms with van der Waals surface area (Å²) in [5, 5.41) is 9.68. The average Bonchev–Trinajstić information content (AvgIpc) is 3.27. The number of aliphatic hydroxyl groups is 1. The summed E-state index contributed by atoms with van der Waals surface area (Å²) in [5.74, 6) is 1.93. The topological polar surface area (TPSA) is 45.2 Å². The van der Waals surface area contributed by atoms with Gasteiger partial charge in [-0.1, -0.05) is 30.7 Å². The molecule has 0 bridgehead atoms. The van der Waals surface area contributed by atoms with Crippen molar-refractivity contribution < 1.29 is 14.6 Å². The van der Waals surface area contributed by atoms with E-state index >= 15 is 0 Å². The zero-order valence-electron chi connectivity index (χ0n) is 21.1. The maximum Gasteiger partial charge on any atom is 0.122 e. The Morgan fingerprint density at radius 2 is 1.32 bits per heavy atom. The molecule has 0 aliphatic carbocycles. The van der Waals surface area contributed by atoms with Crippen LogP contribution in [0, 0.1) is 13.8 Å². The Morgan fingerprint density at radius 3 is 1.85 bits per heavy atom. The Hall–Kier alpha value is -2.08. The Kier molecular flexibility index (Phi) is 9.25. The van der Waals surface area contributed by atoms with Crippen LogP contribution in [0.2, 0.25) is 0 Å². The maximum absolute atomic E-state index is 9.68. The number of nitrogens with zero attached hydrogens (tertiary/aromatic N) is 2. The van der Waals surface area contributed by atoms with Gasteiger partial charge in [-0.15, -0.1) is 0 Å². The second-order valence-electron chi connectivity index (χ2n) is 9.91. The highest BCUT2D eigenvalue weighted by molar-refractivity contribution is 5.74. The second kappa shape index (κ2) is 12.6. The van der Waals surface area contributed by atoms with Gasteiger partial charge < -0.3 is 24.4 Å². The minimum Gasteiger partial charge on any atom is -0.493 e. The van der Waals surface area contributed by atoms with Crippen LogP contribution in [0.1, 0.15) is 49.7 Å². The van der Waals surface area contributed by atoms with Crippen molar-refractivity contribution in [3.05, 3.63) is 47.5 Å². The molecule has 0 saturated carbocycles. The van der Waals surface area contributed by atoms with Crippen LogP contribution in [0.4, 0.5) is 0 Å². The summed E-state index contributed by atoms with van der Waals surface area (Å²) >= 11 is 0. The van der Waals surface area contributed by atoms with Crippen molar-refractivity contribution in [2.75, 3.05) is 52.5 Å². The molecule has 1 atom stereocenters. The first kappa shape index (κ1) is 25.0. The van der Waals surface area contributed by atoms with Crippen LogP contribution in [0.3, 0.4) is 0 Å². The van der Waals surface area contributed by atoms with Crippen LogP contribution in [0.15, 0.2) is 36.4 Å². The quantitative estimate of drug-likeness (QED) is 0.469. The van der Waals surface area contributed by atoms with Crippen LogP contribution in [-0.4, -0.2) is 73.5 Å². The molecule has 5 heteroatoms. The third kappa shape index (κ3) is 6.74. The largest absolute Gasteiger partial charge is 0.493 e. The van der Waals surface area contributed by atoms with E-state index in [0.29, 0.717) is 6.61 Å². The number of β-amino-alcohol motifs (C(OH)–C–C–N with tert-alkyl or cyclic N) is 1. The Labute approximate surface area is 205 Å². The molecule has 1 N–H and O–H groups in total. The molecule has 0 spiro atoms. The summed E-state index contributed by atoms with van der Waals surface area (Å²) in [6.45, 7) is 12.1. The van der Waals surface area contributed by atoms with E-state index in [1.165, 1.54) is 54.6 Å². The van der Waals surface area contributed by atoms with Gasteiger partial charge in [-0.2, -0.15) is 0 Å². The molecule has 4 rings (SSSR count). The van der Waals surface area contributed by atoms with Gasteiger partial charge in [-0.25, -0.2) is 0 Å². The lowest BCUT2D eigenvalue weighted by Gasteiger charge is -2.26. The van der Waals surface area contributed by atoms with Gasteiger partial charge in [0.2, 0.25) is 0 Å². The molecule has 2 heterocycles. The van der Waals surface area contributed by atoms with Crippen molar-refractivity contribution >= 4 is 0 Å². The molecule has 0 aromatic heterocycles. The first-order valence-electron chi connectivity index (χ1n) is 13.2. The standard InChI is InChI=1S/C29H42N2O3/c1-23-26(10-6-12-28(23)33-20-8-17-30-15-4-3-5-16-30)27-11-7-13-29(24(27)2)34-21-9-18-31-19-14-25(32)22-31/h6-7,10-13,25,32H,3-5,8-9,14-22H2,1-2H3. The van der Waals surface area contributed by atoms with Gasteiger partial charge in [0, 0.05) is 26.2 Å². The molecule has 2 saturated heterocycles. The van der Waals surface area contributed by atoms with Crippen molar-refractivity contribution in [3.63, 3.8) is 0 Å². The van der Waals surface area contributed by atoms with Gasteiger partial charge in [0.1, 0.15) is 11.5 Å². The molecule has 2 aromatic carbocycles. The molecular weight excluding hydrogens is 424 g/mol. The Morgan fingerprint density at radius 1 is 0.765 bits per heavy atom. The van der Waals surface area contributed by atoms with Crippen molar-refractivity contribution in [3.8, 4) is 22.6 Å². The van der Waals surface area contributed by atoms with E-state index in [2.05, 4.69) is 60.0 Å². The van der Waals surface area contributed by atoms with E-state index in [1.807, 2.05) is 0 Å². The number of hydrogen-bond acceptors (Lipinski definition) is 5. The first-order chi connectivity index (χ1) is 16.6. The number of aliphatic hydroxyl groups excluding tert-OH is 1. The number of likely N-dealkylation sites (tertiary alicyclic amines) is 2. The van der Waals surface area contributed by atoms with Gasteiger partial charge in [0.15, 0.2) is 0 Å². The second-order valence-corrected chi connectivity index (χ2v) is 9.91. The SMILES string of the molecule is Cc1c(OCCCN2CCCCC2)cccc1-c1cccc(OCCCN2CCC(O)C2)c1C. The first-order valence-corrected chi connectivity index (χ1v) is 13.2. The fourth-order valence-corrected chi connectivity index (χ4v) is 5.26. The zero-order chi connectivity index (χ0) is 23.8. The van der Waals surface area contributed by atoms with Crippen molar-refractivity contribution in [2.24, 2.45) is 0 Å². The lowest BCUT2D eigenvalue weighted by molar-refractivity contribution is 0.173. The third-order valence-corrected chi connectivity index (χ3v) is 7.31. The number of ether oxygens (including phenoxy) is 2. The van der Waals surface area contributed by atoms with Crippen LogP contribution in [0.25, 0.3) is 11.1 Å². The molecule has 0 radical (unpaired) electrons. The smallest absolute Gasteiger partial charge is 0.122 e. The summed E-state index contributed by atoms with van der Waals surface area (Å²) < 4.78 is 12.4. The fraction of sp³-hybridized carbons (Fsp3) is 0.586. The molecule has 5 nitrogen and oxygen atoms in total. The number of benzene rings is 2. The average molecular weight is 467 g/mol. The minimum atomic E-state index is -0.155. The highest BCUT2D eigenvalue weighted by atomic mass is 16.5. The Balaban J connectivity index is 1.32. The number of piperidine rings is 1. The van der Waals surface area contributed by atoms with E-state index in [0.717, 1.165) is 63.5 Å². The molecular formula is C29H42N2O3. The molecule has 34 heavy (non-hydrogen) atoms. The van der Waals surface area contributed by atoms with Gasteiger partial charge in [-0.05, 0) is 93.4 Å². The van der Waals surface area contributed by atoms with E-state index in [9.17, 15) is 5.11 Å². The monoisotopic (exact) mass is 466 g/mol. The molecule has 1 unspecified atom stereocenters. The molecule has 186 valence electrons. The van der Waals surface area contributed by atoms with Crippen LogP contribution in [0.5, 0.6) is 11.5 Å². The highest BCUT2D eigenvalue weighted by Gasteiger charge is 2.19. The summed E-state index contributed by atoms with van der Waals surface area (Å²) in [4.78, 5) is 4.89.